The van der Waals surface area contributed by atoms with Gasteiger partial charge in [-0.05, 0) is 42.3 Å². The fourth-order valence-electron chi connectivity index (χ4n) is 3.66. The molecule has 8 heteroatoms. The van der Waals surface area contributed by atoms with E-state index in [-0.39, 0.29) is 18.9 Å². The average molecular weight is 422 g/mol. The minimum Gasteiger partial charge on any atom is -0.456 e. The monoisotopic (exact) mass is 421 g/mol. The van der Waals surface area contributed by atoms with E-state index in [1.165, 1.54) is 17.0 Å². The Morgan fingerprint density at radius 1 is 1.10 bits per heavy atom. The number of hydrogen-bond donors (Lipinski definition) is 0. The molecule has 4 nitrogen and oxygen atoms in total. The van der Waals surface area contributed by atoms with Gasteiger partial charge in [-0.25, -0.2) is 4.79 Å². The van der Waals surface area contributed by atoms with Crippen LogP contribution < -0.4 is 4.90 Å². The maximum atomic E-state index is 13.0. The molecule has 0 bridgehead atoms. The van der Waals surface area contributed by atoms with E-state index >= 15 is 0 Å². The molecule has 0 saturated heterocycles. The number of benzene rings is 2. The number of hydrogen-bond acceptors (Lipinski definition) is 3. The number of carbonyl (C=O) groups is 2. The predicted octanol–water partition coefficient (Wildman–Crippen LogP) is 5.00. The molecule has 150 valence electrons. The molecule has 0 N–H and O–H groups in total. The highest BCUT2D eigenvalue weighted by Gasteiger charge is 2.43. The van der Waals surface area contributed by atoms with Gasteiger partial charge in [-0.2, -0.15) is 13.2 Å². The summed E-state index contributed by atoms with van der Waals surface area (Å²) in [5.74, 6) is -1.51. The minimum absolute atomic E-state index is 0.0647. The van der Waals surface area contributed by atoms with Gasteiger partial charge in [0, 0.05) is 17.4 Å². The molecule has 4 rings (SSSR count). The Morgan fingerprint density at radius 3 is 2.41 bits per heavy atom. The number of halogens is 4. The first-order valence-corrected chi connectivity index (χ1v) is 9.21. The Morgan fingerprint density at radius 2 is 1.79 bits per heavy atom. The highest BCUT2D eigenvalue weighted by molar-refractivity contribution is 6.31. The molecular formula is C21H15ClF3NO3. The van der Waals surface area contributed by atoms with E-state index in [4.69, 9.17) is 16.3 Å². The molecule has 0 fully saturated rings. The fourth-order valence-corrected chi connectivity index (χ4v) is 3.84. The molecular weight excluding hydrogens is 407 g/mol. The van der Waals surface area contributed by atoms with Crippen LogP contribution in [0.1, 0.15) is 29.0 Å². The lowest BCUT2D eigenvalue weighted by molar-refractivity contribution is -0.138. The first-order valence-electron chi connectivity index (χ1n) is 8.83. The molecule has 2 aliphatic heterocycles. The highest BCUT2D eigenvalue weighted by Crippen LogP contribution is 2.43. The third kappa shape index (κ3) is 3.40. The van der Waals surface area contributed by atoms with E-state index in [0.29, 0.717) is 27.5 Å². The van der Waals surface area contributed by atoms with E-state index in [1.54, 1.807) is 18.2 Å². The minimum atomic E-state index is -4.46. The van der Waals surface area contributed by atoms with Crippen molar-refractivity contribution >= 4 is 29.2 Å². The molecule has 0 saturated carbocycles. The zero-order valence-electron chi connectivity index (χ0n) is 15.2. The van der Waals surface area contributed by atoms with E-state index in [9.17, 15) is 22.8 Å². The molecule has 0 aliphatic carbocycles. The molecule has 0 radical (unpaired) electrons. The van der Waals surface area contributed by atoms with Gasteiger partial charge < -0.3 is 4.74 Å². The highest BCUT2D eigenvalue weighted by atomic mass is 35.5. The van der Waals surface area contributed by atoms with Gasteiger partial charge in [0.05, 0.1) is 22.5 Å². The summed E-state index contributed by atoms with van der Waals surface area (Å²) in [5, 5.41) is 0.479. The zero-order valence-corrected chi connectivity index (χ0v) is 16.0. The van der Waals surface area contributed by atoms with Gasteiger partial charge >= 0.3 is 12.1 Å². The molecule has 29 heavy (non-hydrogen) atoms. The molecule has 0 spiro atoms. The van der Waals surface area contributed by atoms with E-state index in [2.05, 4.69) is 0 Å². The Bertz CT molecular complexity index is 1040. The molecule has 2 heterocycles. The first kappa shape index (κ1) is 19.5. The summed E-state index contributed by atoms with van der Waals surface area (Å²) in [4.78, 5) is 26.8. The number of ether oxygens (including phenoxy) is 1. The van der Waals surface area contributed by atoms with E-state index < -0.39 is 23.6 Å². The normalized spacial score (nSPS) is 19.5. The Balaban J connectivity index is 1.77. The van der Waals surface area contributed by atoms with Gasteiger partial charge in [0.1, 0.15) is 6.61 Å². The smallest absolute Gasteiger partial charge is 0.416 e. The molecule has 1 amide bonds. The van der Waals surface area contributed by atoms with E-state index in [1.807, 2.05) is 6.92 Å². The summed E-state index contributed by atoms with van der Waals surface area (Å²) in [6, 6.07) is 9.64. The number of rotatable bonds is 2. The van der Waals surface area contributed by atoms with Crippen molar-refractivity contribution in [2.45, 2.75) is 25.4 Å². The number of amides is 1. The van der Waals surface area contributed by atoms with Crippen molar-refractivity contribution in [3.05, 3.63) is 75.4 Å². The quantitative estimate of drug-likeness (QED) is 0.641. The lowest BCUT2D eigenvalue weighted by atomic mass is 9.84. The van der Waals surface area contributed by atoms with Crippen molar-refractivity contribution < 1.29 is 27.5 Å². The summed E-state index contributed by atoms with van der Waals surface area (Å²) in [6.45, 7) is 1.75. The molecule has 2 aliphatic rings. The van der Waals surface area contributed by atoms with Gasteiger partial charge in [-0.15, -0.1) is 0 Å². The van der Waals surface area contributed by atoms with Crippen molar-refractivity contribution in [1.29, 1.82) is 0 Å². The lowest BCUT2D eigenvalue weighted by Crippen LogP contribution is -2.37. The Kier molecular flexibility index (Phi) is 4.65. The lowest BCUT2D eigenvalue weighted by Gasteiger charge is -2.32. The number of cyclic esters (lactones) is 1. The number of nitrogens with zero attached hydrogens (tertiary/aromatic N) is 1. The van der Waals surface area contributed by atoms with Crippen LogP contribution in [0, 0.1) is 6.92 Å². The SMILES string of the molecule is Cc1ccc(N2C(=O)CC(c3ccc(C(F)(F)F)cc3)C3=C2COC3=O)cc1Cl. The third-order valence-electron chi connectivity index (χ3n) is 5.17. The van der Waals surface area contributed by atoms with E-state index in [0.717, 1.165) is 17.7 Å². The van der Waals surface area contributed by atoms with Gasteiger partial charge in [0.2, 0.25) is 5.91 Å². The Hall–Kier alpha value is -2.80. The summed E-state index contributed by atoms with van der Waals surface area (Å²) in [6.07, 6.45) is -4.52. The van der Waals surface area contributed by atoms with Gasteiger partial charge in [0.15, 0.2) is 0 Å². The number of aryl methyl sites for hydroxylation is 1. The second-order valence-electron chi connectivity index (χ2n) is 6.98. The molecule has 2 aromatic rings. The third-order valence-corrected chi connectivity index (χ3v) is 5.58. The van der Waals surface area contributed by atoms with Crippen molar-refractivity contribution in [2.75, 3.05) is 11.5 Å². The zero-order chi connectivity index (χ0) is 20.9. The number of carbonyl (C=O) groups excluding carboxylic acids is 2. The largest absolute Gasteiger partial charge is 0.456 e. The van der Waals surface area contributed by atoms with Crippen molar-refractivity contribution in [3.63, 3.8) is 0 Å². The van der Waals surface area contributed by atoms with Crippen molar-refractivity contribution in [1.82, 2.24) is 0 Å². The van der Waals surface area contributed by atoms with Crippen LogP contribution in [0.2, 0.25) is 5.02 Å². The van der Waals surface area contributed by atoms with Crippen LogP contribution in [0.5, 0.6) is 0 Å². The maximum absolute atomic E-state index is 13.0. The summed E-state index contributed by atoms with van der Waals surface area (Å²) < 4.78 is 43.7. The van der Waals surface area contributed by atoms with Crippen LogP contribution in [0.15, 0.2) is 53.7 Å². The molecule has 2 aromatic carbocycles. The summed E-state index contributed by atoms with van der Waals surface area (Å²) in [5.41, 5.74) is 1.72. The van der Waals surface area contributed by atoms with Crippen molar-refractivity contribution in [3.8, 4) is 0 Å². The molecule has 1 unspecified atom stereocenters. The Labute approximate surface area is 169 Å². The molecule has 0 aromatic heterocycles. The number of esters is 1. The first-order chi connectivity index (χ1) is 13.7. The fraction of sp³-hybridized carbons (Fsp3) is 0.238. The second kappa shape index (κ2) is 6.91. The van der Waals surface area contributed by atoms with Gasteiger partial charge in [-0.1, -0.05) is 29.8 Å². The maximum Gasteiger partial charge on any atom is 0.416 e. The van der Waals surface area contributed by atoms with Crippen LogP contribution in [0.4, 0.5) is 18.9 Å². The van der Waals surface area contributed by atoms with Crippen LogP contribution >= 0.6 is 11.6 Å². The summed E-state index contributed by atoms with van der Waals surface area (Å²) in [7, 11) is 0. The number of alkyl halides is 3. The summed E-state index contributed by atoms with van der Waals surface area (Å²) >= 11 is 6.18. The number of anilines is 1. The standard InChI is InChI=1S/C21H15ClF3NO3/c1-11-2-7-14(8-16(11)22)26-17-10-29-20(28)19(17)15(9-18(26)27)12-3-5-13(6-4-12)21(23,24)25/h2-8,15H,9-10H2,1H3. The van der Waals surface area contributed by atoms with Crippen LogP contribution in [0.3, 0.4) is 0 Å². The van der Waals surface area contributed by atoms with Crippen LogP contribution in [-0.4, -0.2) is 18.5 Å². The predicted molar refractivity (Wildman–Crippen MR) is 100 cm³/mol. The van der Waals surface area contributed by atoms with Crippen LogP contribution in [0.25, 0.3) is 0 Å². The van der Waals surface area contributed by atoms with Crippen molar-refractivity contribution in [2.24, 2.45) is 0 Å². The average Bonchev–Trinajstić information content (AvgIpc) is 3.04. The van der Waals surface area contributed by atoms with Gasteiger partial charge in [-0.3, -0.25) is 9.69 Å². The molecule has 1 atom stereocenters. The second-order valence-corrected chi connectivity index (χ2v) is 7.38. The topological polar surface area (TPSA) is 46.6 Å². The van der Waals surface area contributed by atoms with Crippen LogP contribution in [-0.2, 0) is 20.5 Å². The van der Waals surface area contributed by atoms with Gasteiger partial charge in [0.25, 0.3) is 0 Å².